The summed E-state index contributed by atoms with van der Waals surface area (Å²) >= 11 is 6.12. The van der Waals surface area contributed by atoms with Crippen LogP contribution in [-0.4, -0.2) is 27.3 Å². The minimum absolute atomic E-state index is 0.0577. The lowest BCUT2D eigenvalue weighted by Crippen LogP contribution is -2.17. The molecule has 138 valence electrons. The van der Waals surface area contributed by atoms with Crippen LogP contribution in [0, 0.1) is 5.92 Å². The summed E-state index contributed by atoms with van der Waals surface area (Å²) in [6.07, 6.45) is 1.66. The summed E-state index contributed by atoms with van der Waals surface area (Å²) < 4.78 is 6.94. The molecule has 2 unspecified atom stereocenters. The number of nitrogens with zero attached hydrogens (tertiary/aromatic N) is 3. The molecule has 1 fully saturated rings. The molecule has 6 heteroatoms. The molecule has 0 bridgehead atoms. The number of hydrogen-bond acceptors (Lipinski definition) is 4. The molecule has 0 N–H and O–H groups in total. The molecule has 1 aliphatic carbocycles. The van der Waals surface area contributed by atoms with Crippen LogP contribution < -0.4 is 4.74 Å². The monoisotopic (exact) mass is 381 g/mol. The van der Waals surface area contributed by atoms with Crippen LogP contribution >= 0.6 is 11.6 Å². The van der Waals surface area contributed by atoms with Gasteiger partial charge in [-0.25, -0.2) is 0 Å². The van der Waals surface area contributed by atoms with Crippen molar-refractivity contribution in [2.75, 3.05) is 6.61 Å². The second-order valence-corrected chi connectivity index (χ2v) is 7.12. The normalized spacial score (nSPS) is 18.3. The topological polar surface area (TPSA) is 57.0 Å². The first-order valence-corrected chi connectivity index (χ1v) is 9.50. The van der Waals surface area contributed by atoms with Crippen molar-refractivity contribution in [3.05, 3.63) is 65.2 Å². The lowest BCUT2D eigenvalue weighted by molar-refractivity contribution is 0.0867. The van der Waals surface area contributed by atoms with Crippen molar-refractivity contribution in [2.24, 2.45) is 5.92 Å². The van der Waals surface area contributed by atoms with Crippen molar-refractivity contribution < 1.29 is 9.53 Å². The quantitative estimate of drug-likeness (QED) is 0.613. The van der Waals surface area contributed by atoms with E-state index in [1.165, 1.54) is 10.2 Å². The van der Waals surface area contributed by atoms with E-state index in [1.54, 1.807) is 12.1 Å². The zero-order chi connectivity index (χ0) is 18.8. The van der Waals surface area contributed by atoms with Gasteiger partial charge in [-0.1, -0.05) is 61.0 Å². The van der Waals surface area contributed by atoms with Gasteiger partial charge >= 0.3 is 6.01 Å². The van der Waals surface area contributed by atoms with E-state index >= 15 is 0 Å². The number of benzene rings is 2. The van der Waals surface area contributed by atoms with Gasteiger partial charge in [0.25, 0.3) is 5.91 Å². The molecule has 0 spiro atoms. The van der Waals surface area contributed by atoms with Crippen molar-refractivity contribution in [3.63, 3.8) is 0 Å². The van der Waals surface area contributed by atoms with Gasteiger partial charge in [0.2, 0.25) is 0 Å². The highest BCUT2D eigenvalue weighted by molar-refractivity contribution is 6.30. The molecule has 0 amide bonds. The summed E-state index contributed by atoms with van der Waals surface area (Å²) in [7, 11) is 0. The van der Waals surface area contributed by atoms with Gasteiger partial charge in [-0.05, 0) is 36.5 Å². The fourth-order valence-corrected chi connectivity index (χ4v) is 3.40. The molecule has 0 saturated heterocycles. The number of carbonyl (C=O) groups is 1. The Morgan fingerprint density at radius 1 is 1.22 bits per heavy atom. The maximum atomic E-state index is 13.1. The number of carbonyl (C=O) groups excluding carboxylic acids is 1. The molecule has 1 heterocycles. The fraction of sp³-hybridized carbons (Fsp3) is 0.286. The van der Waals surface area contributed by atoms with Crippen molar-refractivity contribution in [1.82, 2.24) is 14.8 Å². The molecule has 5 nitrogen and oxygen atoms in total. The van der Waals surface area contributed by atoms with Crippen LogP contribution in [0.2, 0.25) is 5.02 Å². The van der Waals surface area contributed by atoms with Crippen LogP contribution in [0.4, 0.5) is 0 Å². The Morgan fingerprint density at radius 3 is 2.78 bits per heavy atom. The smallest absolute Gasteiger partial charge is 0.336 e. The molecule has 0 aliphatic heterocycles. The highest BCUT2D eigenvalue weighted by Gasteiger charge is 2.45. The van der Waals surface area contributed by atoms with E-state index in [0.717, 1.165) is 18.4 Å². The second kappa shape index (κ2) is 7.53. The molecule has 2 aromatic carbocycles. The average molecular weight is 382 g/mol. The minimum atomic E-state index is -0.0916. The van der Waals surface area contributed by atoms with Gasteiger partial charge in [-0.3, -0.25) is 4.79 Å². The summed E-state index contributed by atoms with van der Waals surface area (Å²) in [5, 5.41) is 4.92. The van der Waals surface area contributed by atoms with E-state index in [2.05, 4.69) is 22.2 Å². The van der Waals surface area contributed by atoms with Crippen LogP contribution in [0.25, 0.3) is 11.4 Å². The Labute approximate surface area is 162 Å². The molecule has 0 radical (unpaired) electrons. The van der Waals surface area contributed by atoms with Gasteiger partial charge < -0.3 is 4.74 Å². The predicted octanol–water partition coefficient (Wildman–Crippen LogP) is 4.83. The summed E-state index contributed by atoms with van der Waals surface area (Å²) in [4.78, 5) is 17.6. The zero-order valence-corrected chi connectivity index (χ0v) is 15.8. The molecule has 1 saturated carbocycles. The number of aromatic nitrogens is 3. The van der Waals surface area contributed by atoms with E-state index < -0.39 is 0 Å². The molecular weight excluding hydrogens is 362 g/mol. The molecular formula is C21H20ClN3O2. The third-order valence-electron chi connectivity index (χ3n) is 4.65. The van der Waals surface area contributed by atoms with Crippen LogP contribution in [0.3, 0.4) is 0 Å². The molecule has 1 aliphatic rings. The van der Waals surface area contributed by atoms with Gasteiger partial charge in [0.05, 0.1) is 6.61 Å². The Morgan fingerprint density at radius 2 is 2.04 bits per heavy atom. The number of rotatable bonds is 6. The van der Waals surface area contributed by atoms with Gasteiger partial charge in [-0.2, -0.15) is 9.67 Å². The van der Waals surface area contributed by atoms with Crippen molar-refractivity contribution in [3.8, 4) is 17.4 Å². The van der Waals surface area contributed by atoms with Crippen LogP contribution in [0.15, 0.2) is 54.6 Å². The maximum absolute atomic E-state index is 13.1. The Balaban J connectivity index is 1.65. The molecule has 3 aromatic rings. The van der Waals surface area contributed by atoms with E-state index in [1.807, 2.05) is 37.3 Å². The van der Waals surface area contributed by atoms with Gasteiger partial charge in [0.1, 0.15) is 0 Å². The third-order valence-corrected chi connectivity index (χ3v) is 4.89. The van der Waals surface area contributed by atoms with Gasteiger partial charge in [0, 0.05) is 16.5 Å². The molecule has 2 atom stereocenters. The van der Waals surface area contributed by atoms with Crippen molar-refractivity contribution in [2.45, 2.75) is 25.7 Å². The first kappa shape index (κ1) is 17.7. The second-order valence-electron chi connectivity index (χ2n) is 6.69. The first-order chi connectivity index (χ1) is 13.2. The Kier molecular flexibility index (Phi) is 4.94. The summed E-state index contributed by atoms with van der Waals surface area (Å²) in [5.74, 6) is 0.547. The third kappa shape index (κ3) is 3.74. The average Bonchev–Trinajstić information content (AvgIpc) is 3.38. The number of hydrogen-bond donors (Lipinski definition) is 0. The fourth-order valence-electron chi connectivity index (χ4n) is 3.21. The standard InChI is InChI=1S/C21H20ClN3O2/c1-2-11-27-21-23-19(15-9-6-10-16(22)12-15)25(24-21)20(26)18-13-17(18)14-7-4-3-5-8-14/h3-10,12,17-18H,2,11,13H2,1H3. The summed E-state index contributed by atoms with van der Waals surface area (Å²) in [6.45, 7) is 2.51. The lowest BCUT2D eigenvalue weighted by Gasteiger charge is -2.05. The molecule has 4 rings (SSSR count). The van der Waals surface area contributed by atoms with Gasteiger partial charge in [0.15, 0.2) is 5.82 Å². The van der Waals surface area contributed by atoms with E-state index in [9.17, 15) is 4.79 Å². The molecule has 1 aromatic heterocycles. The first-order valence-electron chi connectivity index (χ1n) is 9.12. The van der Waals surface area contributed by atoms with Gasteiger partial charge in [-0.15, -0.1) is 5.10 Å². The largest absolute Gasteiger partial charge is 0.462 e. The number of halogens is 1. The highest BCUT2D eigenvalue weighted by Crippen LogP contribution is 2.48. The van der Waals surface area contributed by atoms with Crippen LogP contribution in [-0.2, 0) is 0 Å². The predicted molar refractivity (Wildman–Crippen MR) is 104 cm³/mol. The van der Waals surface area contributed by atoms with Crippen LogP contribution in [0.5, 0.6) is 6.01 Å². The van der Waals surface area contributed by atoms with Crippen molar-refractivity contribution >= 4 is 17.5 Å². The Hall–Kier alpha value is -2.66. The summed E-state index contributed by atoms with van der Waals surface area (Å²) in [6, 6.07) is 17.6. The zero-order valence-electron chi connectivity index (χ0n) is 15.0. The SMILES string of the molecule is CCCOc1nc(-c2cccc(Cl)c2)n(C(=O)C2CC2c2ccccc2)n1. The molecule has 27 heavy (non-hydrogen) atoms. The van der Waals surface area contributed by atoms with E-state index in [4.69, 9.17) is 16.3 Å². The van der Waals surface area contributed by atoms with E-state index in [-0.39, 0.29) is 23.8 Å². The van der Waals surface area contributed by atoms with Crippen LogP contribution in [0.1, 0.15) is 36.0 Å². The Bertz CT molecular complexity index is 955. The number of ether oxygens (including phenoxy) is 1. The van der Waals surface area contributed by atoms with Crippen molar-refractivity contribution in [1.29, 1.82) is 0 Å². The minimum Gasteiger partial charge on any atom is -0.462 e. The van der Waals surface area contributed by atoms with E-state index in [0.29, 0.717) is 17.5 Å². The summed E-state index contributed by atoms with van der Waals surface area (Å²) in [5.41, 5.74) is 1.93. The maximum Gasteiger partial charge on any atom is 0.336 e. The lowest BCUT2D eigenvalue weighted by atomic mass is 10.1. The highest BCUT2D eigenvalue weighted by atomic mass is 35.5.